The number of nitrogens with zero attached hydrogens (tertiary/aromatic N) is 1. The van der Waals surface area contributed by atoms with Gasteiger partial charge in [0.2, 0.25) is 5.91 Å². The van der Waals surface area contributed by atoms with Crippen LogP contribution in [0.4, 0.5) is 5.69 Å². The van der Waals surface area contributed by atoms with Crippen molar-refractivity contribution in [1.82, 2.24) is 9.03 Å². The second kappa shape index (κ2) is 7.90. The summed E-state index contributed by atoms with van der Waals surface area (Å²) in [6, 6.07) is 7.23. The van der Waals surface area contributed by atoms with Crippen LogP contribution in [0.15, 0.2) is 24.3 Å². The van der Waals surface area contributed by atoms with Gasteiger partial charge in [-0.2, -0.15) is 17.4 Å². The van der Waals surface area contributed by atoms with Gasteiger partial charge in [0, 0.05) is 31.2 Å². The van der Waals surface area contributed by atoms with Gasteiger partial charge in [0.05, 0.1) is 0 Å². The predicted molar refractivity (Wildman–Crippen MR) is 91.1 cm³/mol. The molecule has 0 unspecified atom stereocenters. The highest BCUT2D eigenvalue weighted by molar-refractivity contribution is 7.87. The molecule has 1 saturated heterocycles. The molecule has 0 saturated carbocycles. The molecule has 0 aromatic heterocycles. The van der Waals surface area contributed by atoms with Crippen molar-refractivity contribution in [2.75, 3.05) is 18.4 Å². The quantitative estimate of drug-likeness (QED) is 0.833. The average molecular weight is 339 g/mol. The Morgan fingerprint density at radius 2 is 1.91 bits per heavy atom. The monoisotopic (exact) mass is 339 g/mol. The van der Waals surface area contributed by atoms with E-state index in [0.717, 1.165) is 24.8 Å². The Morgan fingerprint density at radius 3 is 2.57 bits per heavy atom. The standard InChI is InChI=1S/C16H25N3O3S/c1-13(2)16(20)18-15-8-6-7-14(11-15)12-17-23(21,22)19-9-4-3-5-10-19/h6-8,11,13,17H,3-5,9-10,12H2,1-2H3,(H,18,20). The molecule has 1 aromatic rings. The van der Waals surface area contributed by atoms with Gasteiger partial charge in [0.15, 0.2) is 0 Å². The van der Waals surface area contributed by atoms with Crippen molar-refractivity contribution in [3.05, 3.63) is 29.8 Å². The van der Waals surface area contributed by atoms with Crippen LogP contribution in [-0.2, 0) is 21.5 Å². The summed E-state index contributed by atoms with van der Waals surface area (Å²) in [7, 11) is -3.43. The molecule has 0 bridgehead atoms. The summed E-state index contributed by atoms with van der Waals surface area (Å²) in [5.41, 5.74) is 1.49. The molecule has 7 heteroatoms. The van der Waals surface area contributed by atoms with Gasteiger partial charge in [0.25, 0.3) is 10.2 Å². The molecule has 23 heavy (non-hydrogen) atoms. The first-order valence-corrected chi connectivity index (χ1v) is 9.47. The number of hydrogen-bond acceptors (Lipinski definition) is 3. The van der Waals surface area contributed by atoms with Gasteiger partial charge in [-0.3, -0.25) is 4.79 Å². The van der Waals surface area contributed by atoms with E-state index in [1.54, 1.807) is 18.2 Å². The summed E-state index contributed by atoms with van der Waals surface area (Å²) in [5.74, 6) is -0.160. The number of carbonyl (C=O) groups excluding carboxylic acids is 1. The van der Waals surface area contributed by atoms with E-state index in [1.165, 1.54) is 4.31 Å². The largest absolute Gasteiger partial charge is 0.326 e. The summed E-state index contributed by atoms with van der Waals surface area (Å²) in [6.45, 7) is 5.03. The van der Waals surface area contributed by atoms with Crippen molar-refractivity contribution in [3.8, 4) is 0 Å². The van der Waals surface area contributed by atoms with Gasteiger partial charge in [-0.15, -0.1) is 0 Å². The minimum atomic E-state index is -3.43. The molecule has 1 amide bonds. The Bertz CT molecular complexity index is 638. The molecular formula is C16H25N3O3S. The van der Waals surface area contributed by atoms with Crippen molar-refractivity contribution in [1.29, 1.82) is 0 Å². The van der Waals surface area contributed by atoms with Gasteiger partial charge >= 0.3 is 0 Å². The van der Waals surface area contributed by atoms with E-state index in [-0.39, 0.29) is 18.4 Å². The van der Waals surface area contributed by atoms with Crippen LogP contribution < -0.4 is 10.0 Å². The number of piperidine rings is 1. The summed E-state index contributed by atoms with van der Waals surface area (Å²) in [4.78, 5) is 11.7. The summed E-state index contributed by atoms with van der Waals surface area (Å²) >= 11 is 0. The van der Waals surface area contributed by atoms with Crippen LogP contribution in [0.1, 0.15) is 38.7 Å². The number of hydrogen-bond donors (Lipinski definition) is 2. The molecule has 0 aliphatic carbocycles. The molecule has 0 radical (unpaired) electrons. The zero-order chi connectivity index (χ0) is 16.9. The summed E-state index contributed by atoms with van der Waals surface area (Å²) in [6.07, 6.45) is 2.92. The van der Waals surface area contributed by atoms with Gasteiger partial charge < -0.3 is 5.32 Å². The SMILES string of the molecule is CC(C)C(=O)Nc1cccc(CNS(=O)(=O)N2CCCCC2)c1. The number of rotatable bonds is 6. The lowest BCUT2D eigenvalue weighted by atomic mass is 10.1. The van der Waals surface area contributed by atoms with Crippen LogP contribution in [0.3, 0.4) is 0 Å². The summed E-state index contributed by atoms with van der Waals surface area (Å²) < 4.78 is 28.6. The topological polar surface area (TPSA) is 78.5 Å². The van der Waals surface area contributed by atoms with Crippen molar-refractivity contribution < 1.29 is 13.2 Å². The van der Waals surface area contributed by atoms with E-state index in [1.807, 2.05) is 19.9 Å². The van der Waals surface area contributed by atoms with Crippen LogP contribution >= 0.6 is 0 Å². The van der Waals surface area contributed by atoms with E-state index in [9.17, 15) is 13.2 Å². The van der Waals surface area contributed by atoms with Crippen molar-refractivity contribution in [2.45, 2.75) is 39.7 Å². The zero-order valence-corrected chi connectivity index (χ0v) is 14.5. The van der Waals surface area contributed by atoms with Crippen LogP contribution in [0, 0.1) is 5.92 Å². The molecule has 0 atom stereocenters. The van der Waals surface area contributed by atoms with Crippen molar-refractivity contribution >= 4 is 21.8 Å². The third-order valence-corrected chi connectivity index (χ3v) is 5.39. The third kappa shape index (κ3) is 5.30. The number of nitrogens with one attached hydrogen (secondary N) is 2. The number of benzene rings is 1. The molecule has 1 fully saturated rings. The van der Waals surface area contributed by atoms with Crippen LogP contribution in [0.2, 0.25) is 0 Å². The fraction of sp³-hybridized carbons (Fsp3) is 0.562. The predicted octanol–water partition coefficient (Wildman–Crippen LogP) is 2.10. The van der Waals surface area contributed by atoms with Gasteiger partial charge in [0.1, 0.15) is 0 Å². The second-order valence-electron chi connectivity index (χ2n) is 6.13. The molecule has 1 aliphatic heterocycles. The molecule has 6 nitrogen and oxygen atoms in total. The van der Waals surface area contributed by atoms with Crippen LogP contribution in [-0.4, -0.2) is 31.7 Å². The van der Waals surface area contributed by atoms with Gasteiger partial charge in [-0.25, -0.2) is 0 Å². The lowest BCUT2D eigenvalue weighted by Gasteiger charge is -2.25. The van der Waals surface area contributed by atoms with Crippen molar-refractivity contribution in [2.24, 2.45) is 5.92 Å². The summed E-state index contributed by atoms with van der Waals surface area (Å²) in [5, 5.41) is 2.82. The molecule has 1 heterocycles. The molecule has 128 valence electrons. The van der Waals surface area contributed by atoms with Crippen LogP contribution in [0.5, 0.6) is 0 Å². The van der Waals surface area contributed by atoms with E-state index < -0.39 is 10.2 Å². The smallest absolute Gasteiger partial charge is 0.279 e. The Kier molecular flexibility index (Phi) is 6.15. The first-order chi connectivity index (χ1) is 10.9. The molecule has 0 spiro atoms. The van der Waals surface area contributed by atoms with E-state index >= 15 is 0 Å². The Morgan fingerprint density at radius 1 is 1.22 bits per heavy atom. The Labute approximate surface area is 138 Å². The first-order valence-electron chi connectivity index (χ1n) is 8.03. The second-order valence-corrected chi connectivity index (χ2v) is 7.89. The van der Waals surface area contributed by atoms with E-state index in [0.29, 0.717) is 18.8 Å². The molecule has 2 N–H and O–H groups in total. The number of amides is 1. The average Bonchev–Trinajstić information content (AvgIpc) is 2.54. The first kappa shape index (κ1) is 17.9. The number of carbonyl (C=O) groups is 1. The molecule has 1 aromatic carbocycles. The number of anilines is 1. The van der Waals surface area contributed by atoms with Gasteiger partial charge in [-0.1, -0.05) is 32.4 Å². The molecular weight excluding hydrogens is 314 g/mol. The van der Waals surface area contributed by atoms with Crippen LogP contribution in [0.25, 0.3) is 0 Å². The Balaban J connectivity index is 1.96. The lowest BCUT2D eigenvalue weighted by molar-refractivity contribution is -0.118. The minimum absolute atomic E-state index is 0.0592. The minimum Gasteiger partial charge on any atom is -0.326 e. The van der Waals surface area contributed by atoms with E-state index in [2.05, 4.69) is 10.0 Å². The fourth-order valence-corrected chi connectivity index (χ4v) is 3.69. The third-order valence-electron chi connectivity index (χ3n) is 3.83. The van der Waals surface area contributed by atoms with E-state index in [4.69, 9.17) is 0 Å². The Hall–Kier alpha value is -1.44. The van der Waals surface area contributed by atoms with Gasteiger partial charge in [-0.05, 0) is 30.5 Å². The highest BCUT2D eigenvalue weighted by Gasteiger charge is 2.23. The molecule has 1 aliphatic rings. The maximum atomic E-state index is 12.3. The normalized spacial score (nSPS) is 16.5. The highest BCUT2D eigenvalue weighted by Crippen LogP contribution is 2.14. The molecule has 2 rings (SSSR count). The maximum Gasteiger partial charge on any atom is 0.279 e. The van der Waals surface area contributed by atoms with Crippen molar-refractivity contribution in [3.63, 3.8) is 0 Å². The zero-order valence-electron chi connectivity index (χ0n) is 13.7. The highest BCUT2D eigenvalue weighted by atomic mass is 32.2. The lowest BCUT2D eigenvalue weighted by Crippen LogP contribution is -2.43. The fourth-order valence-electron chi connectivity index (χ4n) is 2.42. The maximum absolute atomic E-state index is 12.3.